The smallest absolute Gasteiger partial charge is 0.142 e. The normalized spacial score (nSPS) is 28.6. The summed E-state index contributed by atoms with van der Waals surface area (Å²) < 4.78 is 0. The molecular weight excluding hydrogens is 254 g/mol. The lowest BCUT2D eigenvalue weighted by Gasteiger charge is -2.37. The van der Waals surface area contributed by atoms with Gasteiger partial charge >= 0.3 is 0 Å². The zero-order valence-electron chi connectivity index (χ0n) is 12.0. The predicted molar refractivity (Wildman–Crippen MR) is 78.1 cm³/mol. The minimum atomic E-state index is -0.171. The molecule has 6 nitrogen and oxygen atoms in total. The Bertz CT molecular complexity index is 506. The number of carbonyl (C=O) groups excluding carboxylic acids is 1. The molecule has 0 radical (unpaired) electrons. The van der Waals surface area contributed by atoms with E-state index in [4.69, 9.17) is 0 Å². The van der Waals surface area contributed by atoms with Gasteiger partial charge in [0.15, 0.2) is 0 Å². The molecule has 2 aliphatic heterocycles. The summed E-state index contributed by atoms with van der Waals surface area (Å²) >= 11 is 0. The molecule has 0 spiro atoms. The largest absolute Gasteiger partial charge is 0.360 e. The minimum Gasteiger partial charge on any atom is -0.360 e. The summed E-state index contributed by atoms with van der Waals surface area (Å²) in [6.45, 7) is 4.35. The topological polar surface area (TPSA) is 70.1 Å². The molecule has 6 heteroatoms. The molecule has 0 aromatic carbocycles. The summed E-state index contributed by atoms with van der Waals surface area (Å²) in [6, 6.07) is 0.258. The Morgan fingerprint density at radius 3 is 3.05 bits per heavy atom. The Morgan fingerprint density at radius 2 is 2.30 bits per heavy atom. The van der Waals surface area contributed by atoms with Gasteiger partial charge in [-0.15, -0.1) is 0 Å². The second-order valence-corrected chi connectivity index (χ2v) is 5.76. The monoisotopic (exact) mass is 275 g/mol. The highest BCUT2D eigenvalue weighted by molar-refractivity contribution is 5.73. The quantitative estimate of drug-likeness (QED) is 0.780. The molecule has 0 aliphatic carbocycles. The second-order valence-electron chi connectivity index (χ2n) is 5.76. The Balaban J connectivity index is 1.87. The fourth-order valence-electron chi connectivity index (χ4n) is 3.20. The molecule has 1 aromatic heterocycles. The van der Waals surface area contributed by atoms with Gasteiger partial charge in [0.05, 0.1) is 6.04 Å². The molecule has 3 rings (SSSR count). The highest BCUT2D eigenvalue weighted by Gasteiger charge is 2.31. The highest BCUT2D eigenvalue weighted by Crippen LogP contribution is 2.32. The van der Waals surface area contributed by atoms with Gasteiger partial charge in [-0.25, -0.2) is 9.97 Å². The van der Waals surface area contributed by atoms with Gasteiger partial charge in [-0.1, -0.05) is 6.92 Å². The maximum Gasteiger partial charge on any atom is 0.142 e. The van der Waals surface area contributed by atoms with E-state index in [0.29, 0.717) is 18.4 Å². The molecule has 1 aromatic rings. The van der Waals surface area contributed by atoms with Crippen LogP contribution in [0.5, 0.6) is 0 Å². The number of carbonyl (C=O) groups is 1. The van der Waals surface area contributed by atoms with Crippen LogP contribution in [0.2, 0.25) is 0 Å². The number of hydrogen-bond donors (Lipinski definition) is 2. The Labute approximate surface area is 119 Å². The Hall–Kier alpha value is -1.69. The van der Waals surface area contributed by atoms with Gasteiger partial charge in [0.25, 0.3) is 0 Å². The molecule has 1 fully saturated rings. The van der Waals surface area contributed by atoms with E-state index in [1.165, 1.54) is 6.42 Å². The zero-order valence-corrected chi connectivity index (χ0v) is 12.0. The number of piperidine rings is 1. The third-order valence-electron chi connectivity index (χ3n) is 4.45. The summed E-state index contributed by atoms with van der Waals surface area (Å²) in [5.74, 6) is 2.38. The number of likely N-dealkylation sites (N-methyl/N-ethyl adjacent to an activating group) is 1. The van der Waals surface area contributed by atoms with Gasteiger partial charge in [-0.3, -0.25) is 0 Å². The van der Waals surface area contributed by atoms with Crippen LogP contribution in [0.25, 0.3) is 0 Å². The molecule has 0 saturated carbocycles. The molecular formula is C14H21N5O. The highest BCUT2D eigenvalue weighted by atomic mass is 16.1. The van der Waals surface area contributed by atoms with Crippen molar-refractivity contribution in [2.45, 2.75) is 31.8 Å². The van der Waals surface area contributed by atoms with Crippen molar-refractivity contribution < 1.29 is 4.79 Å². The van der Waals surface area contributed by atoms with Crippen LogP contribution in [0, 0.1) is 5.92 Å². The lowest BCUT2D eigenvalue weighted by atomic mass is 9.93. The molecule has 0 amide bonds. The standard InChI is InChI=1S/C14H21N5O/c1-9-3-4-15-6-12(9)19(2)14-11-5-10(7-20)18-13(11)16-8-17-14/h7-10,12,15H,3-6H2,1-2H3,(H,16,17,18). The van der Waals surface area contributed by atoms with E-state index in [9.17, 15) is 4.79 Å². The maximum atomic E-state index is 11.0. The van der Waals surface area contributed by atoms with E-state index in [0.717, 1.165) is 36.6 Å². The lowest BCUT2D eigenvalue weighted by Crippen LogP contribution is -2.49. The van der Waals surface area contributed by atoms with Crippen molar-refractivity contribution in [1.82, 2.24) is 15.3 Å². The van der Waals surface area contributed by atoms with Crippen molar-refractivity contribution in [1.29, 1.82) is 0 Å². The van der Waals surface area contributed by atoms with Crippen molar-refractivity contribution in [3.8, 4) is 0 Å². The number of nitrogens with one attached hydrogen (secondary N) is 2. The first-order valence-electron chi connectivity index (χ1n) is 7.20. The lowest BCUT2D eigenvalue weighted by molar-refractivity contribution is -0.108. The van der Waals surface area contributed by atoms with Crippen LogP contribution in [-0.2, 0) is 11.2 Å². The summed E-state index contributed by atoms with van der Waals surface area (Å²) in [4.78, 5) is 21.9. The predicted octanol–water partition coefficient (Wildman–Crippen LogP) is 0.446. The van der Waals surface area contributed by atoms with Crippen LogP contribution in [0.3, 0.4) is 0 Å². The first kappa shape index (κ1) is 13.3. The number of rotatable bonds is 3. The number of aromatic nitrogens is 2. The first-order chi connectivity index (χ1) is 9.70. The van der Waals surface area contributed by atoms with Gasteiger partial charge in [0.1, 0.15) is 24.2 Å². The SMILES string of the molecule is CC1CCNCC1N(C)c1ncnc2c1CC(C=O)N2. The van der Waals surface area contributed by atoms with Crippen LogP contribution >= 0.6 is 0 Å². The molecule has 2 aliphatic rings. The number of hydrogen-bond acceptors (Lipinski definition) is 6. The zero-order chi connectivity index (χ0) is 14.1. The summed E-state index contributed by atoms with van der Waals surface area (Å²) in [7, 11) is 2.09. The molecule has 0 bridgehead atoms. The second kappa shape index (κ2) is 5.36. The van der Waals surface area contributed by atoms with E-state index in [1.54, 1.807) is 6.33 Å². The first-order valence-corrected chi connectivity index (χ1v) is 7.20. The number of aldehydes is 1. The van der Waals surface area contributed by atoms with E-state index < -0.39 is 0 Å². The van der Waals surface area contributed by atoms with Crippen molar-refractivity contribution >= 4 is 17.9 Å². The third-order valence-corrected chi connectivity index (χ3v) is 4.45. The third kappa shape index (κ3) is 2.24. The van der Waals surface area contributed by atoms with Crippen LogP contribution in [0.1, 0.15) is 18.9 Å². The van der Waals surface area contributed by atoms with Crippen LogP contribution in [0.4, 0.5) is 11.6 Å². The van der Waals surface area contributed by atoms with Crippen LogP contribution in [-0.4, -0.2) is 48.5 Å². The molecule has 3 atom stereocenters. The fourth-order valence-corrected chi connectivity index (χ4v) is 3.20. The van der Waals surface area contributed by atoms with Gasteiger partial charge in [-0.2, -0.15) is 0 Å². The van der Waals surface area contributed by atoms with Gasteiger partial charge < -0.3 is 20.3 Å². The van der Waals surface area contributed by atoms with E-state index in [2.05, 4.69) is 39.5 Å². The van der Waals surface area contributed by atoms with Crippen molar-refractivity contribution in [2.75, 3.05) is 30.4 Å². The average Bonchev–Trinajstić information content (AvgIpc) is 2.90. The van der Waals surface area contributed by atoms with E-state index in [1.807, 2.05) is 0 Å². The van der Waals surface area contributed by atoms with E-state index in [-0.39, 0.29) is 6.04 Å². The van der Waals surface area contributed by atoms with Crippen molar-refractivity contribution in [3.63, 3.8) is 0 Å². The number of fused-ring (bicyclic) bond motifs is 1. The van der Waals surface area contributed by atoms with Gasteiger partial charge in [0, 0.05) is 31.6 Å². The Kier molecular flexibility index (Phi) is 3.56. The van der Waals surface area contributed by atoms with Gasteiger partial charge in [0.2, 0.25) is 0 Å². The van der Waals surface area contributed by atoms with Gasteiger partial charge in [-0.05, 0) is 18.9 Å². The Morgan fingerprint density at radius 1 is 1.45 bits per heavy atom. The molecule has 20 heavy (non-hydrogen) atoms. The molecule has 3 unspecified atom stereocenters. The average molecular weight is 275 g/mol. The van der Waals surface area contributed by atoms with Crippen molar-refractivity contribution in [3.05, 3.63) is 11.9 Å². The molecule has 108 valence electrons. The summed E-state index contributed by atoms with van der Waals surface area (Å²) in [5.41, 5.74) is 1.06. The van der Waals surface area contributed by atoms with Crippen LogP contribution in [0.15, 0.2) is 6.33 Å². The van der Waals surface area contributed by atoms with Crippen LogP contribution < -0.4 is 15.5 Å². The van der Waals surface area contributed by atoms with Crippen molar-refractivity contribution in [2.24, 2.45) is 5.92 Å². The molecule has 2 N–H and O–H groups in total. The summed E-state index contributed by atoms with van der Waals surface area (Å²) in [5, 5.41) is 6.58. The maximum absolute atomic E-state index is 11.0. The van der Waals surface area contributed by atoms with E-state index >= 15 is 0 Å². The number of nitrogens with zero attached hydrogens (tertiary/aromatic N) is 3. The molecule has 1 saturated heterocycles. The number of anilines is 2. The summed E-state index contributed by atoms with van der Waals surface area (Å²) in [6.07, 6.45) is 4.37. The molecule has 3 heterocycles. The minimum absolute atomic E-state index is 0.171. The fraction of sp³-hybridized carbons (Fsp3) is 0.643.